The highest BCUT2D eigenvalue weighted by atomic mass is 16.5. The Morgan fingerprint density at radius 1 is 0.896 bits per heavy atom. The summed E-state index contributed by atoms with van der Waals surface area (Å²) in [5, 5.41) is 42.6. The molecule has 0 bridgehead atoms. The van der Waals surface area contributed by atoms with E-state index >= 15 is 0 Å². The number of nitrogen functional groups attached to an aromatic ring is 1. The molecule has 0 spiro atoms. The minimum Gasteiger partial charge on any atom is -0.394 e. The molecule has 4 N–H and O–H groups in total. The lowest BCUT2D eigenvalue weighted by atomic mass is 10.2. The molecule has 0 unspecified atom stereocenters. The number of ether oxygens (including phenoxy) is 1. The van der Waals surface area contributed by atoms with E-state index in [1.165, 1.54) is 6.33 Å². The van der Waals surface area contributed by atoms with Crippen molar-refractivity contribution in [2.24, 2.45) is 0 Å². The van der Waals surface area contributed by atoms with E-state index in [0.29, 0.717) is 49.5 Å². The van der Waals surface area contributed by atoms with Gasteiger partial charge in [-0.05, 0) is 17.0 Å². The molecule has 0 amide bonds. The minimum atomic E-state index is -0.835. The van der Waals surface area contributed by atoms with Crippen molar-refractivity contribution < 1.29 is 14.9 Å². The summed E-state index contributed by atoms with van der Waals surface area (Å²) in [5.41, 5.74) is 10.9. The van der Waals surface area contributed by atoms with Crippen LogP contribution in [0.1, 0.15) is 40.9 Å². The molecule has 0 radical (unpaired) electrons. The van der Waals surface area contributed by atoms with E-state index in [0.717, 1.165) is 22.5 Å². The van der Waals surface area contributed by atoms with Gasteiger partial charge in [-0.3, -0.25) is 4.90 Å². The number of hydrogen-bond acceptors (Lipinski definition) is 12. The second kappa shape index (κ2) is 14.1. The maximum atomic E-state index is 10.3. The molecule has 1 aliphatic heterocycles. The van der Waals surface area contributed by atoms with E-state index in [9.17, 15) is 10.2 Å². The lowest BCUT2D eigenvalue weighted by molar-refractivity contribution is -0.0470. The molecule has 1 aliphatic rings. The van der Waals surface area contributed by atoms with Crippen molar-refractivity contribution in [3.05, 3.63) is 108 Å². The van der Waals surface area contributed by atoms with Crippen LogP contribution in [0.25, 0.3) is 11.0 Å². The molecule has 48 heavy (non-hydrogen) atoms. The fourth-order valence-corrected chi connectivity index (χ4v) is 5.69. The SMILES string of the molecule is Nc1ncnc2c1c(C#CCN(Cc1cn(Cc3ccccc3)nn1)Cc1cn(Cc3ccccc3)nn1)nn2[C@H]1C[C@H](O)[C@@H](CO)O1. The third-order valence-corrected chi connectivity index (χ3v) is 8.00. The lowest BCUT2D eigenvalue weighted by Crippen LogP contribution is -2.24. The molecule has 15 heteroatoms. The number of anilines is 1. The van der Waals surface area contributed by atoms with Crippen molar-refractivity contribution in [2.45, 2.75) is 51.0 Å². The van der Waals surface area contributed by atoms with Crippen molar-refractivity contribution in [1.29, 1.82) is 0 Å². The van der Waals surface area contributed by atoms with Gasteiger partial charge in [-0.15, -0.1) is 10.2 Å². The fourth-order valence-electron chi connectivity index (χ4n) is 5.69. The molecular weight excluding hydrogens is 612 g/mol. The molecule has 244 valence electrons. The zero-order valence-corrected chi connectivity index (χ0v) is 26.0. The normalized spacial score (nSPS) is 17.6. The van der Waals surface area contributed by atoms with Crippen LogP contribution in [0.3, 0.4) is 0 Å². The van der Waals surface area contributed by atoms with E-state index in [-0.39, 0.29) is 18.8 Å². The molecule has 0 aliphatic carbocycles. The summed E-state index contributed by atoms with van der Waals surface area (Å²) < 4.78 is 11.0. The lowest BCUT2D eigenvalue weighted by Gasteiger charge is -2.16. The molecular formula is C33H34N12O3. The smallest absolute Gasteiger partial charge is 0.167 e. The van der Waals surface area contributed by atoms with Crippen LogP contribution in [0, 0.1) is 11.8 Å². The van der Waals surface area contributed by atoms with Crippen LogP contribution >= 0.6 is 0 Å². The van der Waals surface area contributed by atoms with Crippen LogP contribution in [-0.4, -0.2) is 90.2 Å². The molecule has 5 heterocycles. The molecule has 7 rings (SSSR count). The van der Waals surface area contributed by atoms with Crippen LogP contribution < -0.4 is 5.73 Å². The van der Waals surface area contributed by atoms with Gasteiger partial charge in [0.25, 0.3) is 0 Å². The van der Waals surface area contributed by atoms with Crippen molar-refractivity contribution in [3.63, 3.8) is 0 Å². The average molecular weight is 647 g/mol. The summed E-state index contributed by atoms with van der Waals surface area (Å²) in [6.45, 7) is 2.18. The number of aliphatic hydroxyl groups is 2. The maximum absolute atomic E-state index is 10.3. The van der Waals surface area contributed by atoms with Gasteiger partial charge in [0, 0.05) is 19.5 Å². The molecule has 1 fully saturated rings. The van der Waals surface area contributed by atoms with Crippen LogP contribution in [0.5, 0.6) is 0 Å². The first-order valence-electron chi connectivity index (χ1n) is 15.5. The number of aliphatic hydroxyl groups excluding tert-OH is 2. The number of nitrogens with two attached hydrogens (primary N) is 1. The zero-order valence-electron chi connectivity index (χ0n) is 26.0. The Kier molecular flexibility index (Phi) is 9.12. The first-order valence-corrected chi connectivity index (χ1v) is 15.5. The minimum absolute atomic E-state index is 0.231. The summed E-state index contributed by atoms with van der Waals surface area (Å²) >= 11 is 0. The number of aromatic nitrogens is 10. The van der Waals surface area contributed by atoms with E-state index in [4.69, 9.17) is 10.5 Å². The van der Waals surface area contributed by atoms with Gasteiger partial charge < -0.3 is 20.7 Å². The second-order valence-corrected chi connectivity index (χ2v) is 11.6. The van der Waals surface area contributed by atoms with Gasteiger partial charge in [0.2, 0.25) is 0 Å². The average Bonchev–Trinajstić information content (AvgIpc) is 3.89. The first kappa shape index (κ1) is 31.1. The Balaban J connectivity index is 1.13. The predicted octanol–water partition coefficient (Wildman–Crippen LogP) is 1.38. The molecule has 0 saturated carbocycles. The fraction of sp³-hybridized carbons (Fsp3) is 0.303. The molecule has 3 atom stereocenters. The van der Waals surface area contributed by atoms with Crippen LogP contribution in [0.4, 0.5) is 5.82 Å². The summed E-state index contributed by atoms with van der Waals surface area (Å²) in [6.07, 6.45) is 3.26. The van der Waals surface area contributed by atoms with Gasteiger partial charge in [0.05, 0.1) is 61.5 Å². The Bertz CT molecular complexity index is 1950. The summed E-state index contributed by atoms with van der Waals surface area (Å²) in [5.74, 6) is 6.62. The van der Waals surface area contributed by atoms with E-state index in [2.05, 4.69) is 76.7 Å². The van der Waals surface area contributed by atoms with Crippen molar-refractivity contribution >= 4 is 16.9 Å². The van der Waals surface area contributed by atoms with Crippen molar-refractivity contribution in [1.82, 2.24) is 54.6 Å². The number of rotatable bonds is 11. The Hall–Kier alpha value is -5.53. The highest BCUT2D eigenvalue weighted by molar-refractivity contribution is 5.90. The maximum Gasteiger partial charge on any atom is 0.167 e. The van der Waals surface area contributed by atoms with Crippen LogP contribution in [0.2, 0.25) is 0 Å². The summed E-state index contributed by atoms with van der Waals surface area (Å²) in [6, 6.07) is 20.2. The van der Waals surface area contributed by atoms with Gasteiger partial charge in [-0.25, -0.2) is 24.0 Å². The van der Waals surface area contributed by atoms with Crippen molar-refractivity contribution in [3.8, 4) is 11.8 Å². The number of hydrogen-bond donors (Lipinski definition) is 3. The van der Waals surface area contributed by atoms with Gasteiger partial charge in [-0.2, -0.15) is 5.10 Å². The summed E-state index contributed by atoms with van der Waals surface area (Å²) in [4.78, 5) is 10.6. The van der Waals surface area contributed by atoms with Gasteiger partial charge in [0.1, 0.15) is 23.9 Å². The molecule has 15 nitrogen and oxygen atoms in total. The highest BCUT2D eigenvalue weighted by Crippen LogP contribution is 2.32. The van der Waals surface area contributed by atoms with Gasteiger partial charge in [-0.1, -0.05) is 77.0 Å². The van der Waals surface area contributed by atoms with E-state index in [1.807, 2.05) is 58.2 Å². The zero-order chi connectivity index (χ0) is 32.9. The molecule has 6 aromatic rings. The predicted molar refractivity (Wildman–Crippen MR) is 173 cm³/mol. The number of fused-ring (bicyclic) bond motifs is 1. The van der Waals surface area contributed by atoms with Crippen LogP contribution in [-0.2, 0) is 30.9 Å². The number of benzene rings is 2. The van der Waals surface area contributed by atoms with Crippen LogP contribution in [0.15, 0.2) is 79.4 Å². The molecule has 4 aromatic heterocycles. The standard InChI is InChI=1S/C33H34N12O3/c34-32-31-27(39-45(33(31)36-22-35-32)30-14-28(47)29(21-46)48-30)12-7-13-42(17-25-19-43(40-37-25)15-23-8-3-1-4-9-23)18-26-20-44(41-38-26)16-24-10-5-2-6-11-24/h1-6,8-11,19-20,22,28-30,46-47H,13-18,21H2,(H2,34,35,36)/t28-,29+,30+/m0/s1. The Morgan fingerprint density at radius 2 is 1.52 bits per heavy atom. The topological polar surface area (TPSA) is 184 Å². The van der Waals surface area contributed by atoms with Gasteiger partial charge >= 0.3 is 0 Å². The third-order valence-electron chi connectivity index (χ3n) is 8.00. The largest absolute Gasteiger partial charge is 0.394 e. The molecule has 1 saturated heterocycles. The number of nitrogens with zero attached hydrogens (tertiary/aromatic N) is 11. The first-order chi connectivity index (χ1) is 23.5. The molecule has 2 aromatic carbocycles. The van der Waals surface area contributed by atoms with Crippen molar-refractivity contribution in [2.75, 3.05) is 18.9 Å². The Labute approximate surface area is 275 Å². The monoisotopic (exact) mass is 646 g/mol. The Morgan fingerprint density at radius 3 is 2.10 bits per heavy atom. The second-order valence-electron chi connectivity index (χ2n) is 11.6. The third kappa shape index (κ3) is 7.06. The van der Waals surface area contributed by atoms with Gasteiger partial charge in [0.15, 0.2) is 11.9 Å². The van der Waals surface area contributed by atoms with E-state index in [1.54, 1.807) is 4.68 Å². The summed E-state index contributed by atoms with van der Waals surface area (Å²) in [7, 11) is 0. The quantitative estimate of drug-likeness (QED) is 0.172. The highest BCUT2D eigenvalue weighted by Gasteiger charge is 2.36. The van der Waals surface area contributed by atoms with E-state index < -0.39 is 18.4 Å².